The van der Waals surface area contributed by atoms with Gasteiger partial charge in [-0.3, -0.25) is 4.79 Å². The summed E-state index contributed by atoms with van der Waals surface area (Å²) >= 11 is 0. The van der Waals surface area contributed by atoms with Crippen molar-refractivity contribution in [1.82, 2.24) is 14.8 Å². The number of hydrogen-bond donors (Lipinski definition) is 1. The zero-order valence-corrected chi connectivity index (χ0v) is 11.7. The largest absolute Gasteiger partial charge is 0.463 e. The third kappa shape index (κ3) is 2.16. The number of fused-ring (bicyclic) bond motifs is 3. The molecule has 1 aliphatic heterocycles. The fourth-order valence-electron chi connectivity index (χ4n) is 2.24. The Hall–Kier alpha value is -2.70. The molecule has 0 unspecified atom stereocenters. The summed E-state index contributed by atoms with van der Waals surface area (Å²) < 4.78 is 6.46. The molecule has 0 saturated carbocycles. The van der Waals surface area contributed by atoms with Crippen LogP contribution in [0.15, 0.2) is 29.1 Å². The lowest BCUT2D eigenvalue weighted by Crippen LogP contribution is -2.37. The molecule has 108 valence electrons. The number of nitrogens with zero attached hydrogens (tertiary/aromatic N) is 3. The van der Waals surface area contributed by atoms with Crippen LogP contribution in [0.5, 0.6) is 0 Å². The van der Waals surface area contributed by atoms with Crippen LogP contribution < -0.4 is 10.9 Å². The monoisotopic (exact) mass is 286 g/mol. The number of aryl methyl sites for hydroxylation is 1. The van der Waals surface area contributed by atoms with E-state index in [1.165, 1.54) is 4.68 Å². The molecule has 1 aliphatic rings. The van der Waals surface area contributed by atoms with Crippen LogP contribution in [0.3, 0.4) is 0 Å². The smallest absolute Gasteiger partial charge is 0.351 e. The van der Waals surface area contributed by atoms with Crippen LogP contribution in [0, 0.1) is 6.92 Å². The molecule has 0 spiro atoms. The first kappa shape index (κ1) is 13.3. The van der Waals surface area contributed by atoms with E-state index in [9.17, 15) is 9.59 Å². The number of rotatable bonds is 2. The Morgan fingerprint density at radius 2 is 2.19 bits per heavy atom. The van der Waals surface area contributed by atoms with Gasteiger partial charge in [0.2, 0.25) is 6.17 Å². The van der Waals surface area contributed by atoms with Gasteiger partial charge in [0.05, 0.1) is 6.61 Å². The van der Waals surface area contributed by atoms with E-state index in [2.05, 4.69) is 15.4 Å². The highest BCUT2D eigenvalue weighted by atomic mass is 16.5. The van der Waals surface area contributed by atoms with Gasteiger partial charge in [-0.25, -0.2) is 9.48 Å². The zero-order chi connectivity index (χ0) is 15.0. The molecule has 0 bridgehead atoms. The Kier molecular flexibility index (Phi) is 3.17. The summed E-state index contributed by atoms with van der Waals surface area (Å²) in [5.41, 5.74) is 1.27. The molecule has 3 rings (SSSR count). The molecule has 0 saturated heterocycles. The predicted molar refractivity (Wildman–Crippen MR) is 75.8 cm³/mol. The van der Waals surface area contributed by atoms with Crippen molar-refractivity contribution in [2.45, 2.75) is 20.0 Å². The maximum Gasteiger partial charge on any atom is 0.351 e. The summed E-state index contributed by atoms with van der Waals surface area (Å²) in [7, 11) is 0. The van der Waals surface area contributed by atoms with Crippen LogP contribution in [-0.2, 0) is 9.53 Å². The Morgan fingerprint density at radius 1 is 1.43 bits per heavy atom. The van der Waals surface area contributed by atoms with Crippen LogP contribution >= 0.6 is 0 Å². The van der Waals surface area contributed by atoms with Gasteiger partial charge >= 0.3 is 5.97 Å². The van der Waals surface area contributed by atoms with Gasteiger partial charge in [0.1, 0.15) is 5.69 Å². The third-order valence-electron chi connectivity index (χ3n) is 3.21. The predicted octanol–water partition coefficient (Wildman–Crippen LogP) is 1.10. The van der Waals surface area contributed by atoms with E-state index in [4.69, 9.17) is 4.74 Å². The minimum Gasteiger partial charge on any atom is -0.463 e. The standard InChI is InChI=1S/C14H14N4O3/c1-3-21-14(20)12-15-10-7-5-4-6-9(10)11-16-13(19)8(2)17-18(11)12/h4-7,12,15H,3H2,1-2H3/t12-/m0/s1. The van der Waals surface area contributed by atoms with Crippen LogP contribution in [0.25, 0.3) is 11.4 Å². The SMILES string of the molecule is CCOC(=O)[C@H]1Nc2ccccc2-c2nc(=O)c(C)nn21. The van der Waals surface area contributed by atoms with E-state index in [0.29, 0.717) is 11.5 Å². The zero-order valence-electron chi connectivity index (χ0n) is 11.7. The minimum absolute atomic E-state index is 0.231. The number of benzene rings is 1. The van der Waals surface area contributed by atoms with Crippen molar-refractivity contribution >= 4 is 11.7 Å². The van der Waals surface area contributed by atoms with Crippen LogP contribution in [0.4, 0.5) is 5.69 Å². The molecule has 7 heteroatoms. The van der Waals surface area contributed by atoms with Crippen molar-refractivity contribution in [3.8, 4) is 11.4 Å². The van der Waals surface area contributed by atoms with Gasteiger partial charge in [-0.2, -0.15) is 10.1 Å². The quantitative estimate of drug-likeness (QED) is 0.832. The maximum atomic E-state index is 12.1. The fourth-order valence-corrected chi connectivity index (χ4v) is 2.24. The van der Waals surface area contributed by atoms with Gasteiger partial charge in [0.25, 0.3) is 5.56 Å². The van der Waals surface area contributed by atoms with Crippen molar-refractivity contribution in [2.24, 2.45) is 0 Å². The van der Waals surface area contributed by atoms with Gasteiger partial charge in [0, 0.05) is 11.3 Å². The average molecular weight is 286 g/mol. The van der Waals surface area contributed by atoms with Crippen molar-refractivity contribution in [3.63, 3.8) is 0 Å². The van der Waals surface area contributed by atoms with Gasteiger partial charge in [-0.05, 0) is 26.0 Å². The molecule has 7 nitrogen and oxygen atoms in total. The molecule has 1 aromatic heterocycles. The van der Waals surface area contributed by atoms with Crippen molar-refractivity contribution in [1.29, 1.82) is 0 Å². The van der Waals surface area contributed by atoms with Crippen LogP contribution in [-0.4, -0.2) is 27.3 Å². The summed E-state index contributed by atoms with van der Waals surface area (Å²) in [6.07, 6.45) is -0.832. The van der Waals surface area contributed by atoms with E-state index in [1.807, 2.05) is 24.3 Å². The lowest BCUT2D eigenvalue weighted by Gasteiger charge is -2.28. The van der Waals surface area contributed by atoms with Gasteiger partial charge in [-0.15, -0.1) is 0 Å². The number of ether oxygens (including phenoxy) is 1. The highest BCUT2D eigenvalue weighted by Gasteiger charge is 2.31. The molecule has 2 heterocycles. The number of anilines is 1. The first-order chi connectivity index (χ1) is 10.1. The lowest BCUT2D eigenvalue weighted by molar-refractivity contribution is -0.146. The molecule has 1 N–H and O–H groups in total. The number of hydrogen-bond acceptors (Lipinski definition) is 6. The summed E-state index contributed by atoms with van der Waals surface area (Å²) in [6.45, 7) is 3.56. The second kappa shape index (κ2) is 5.01. The molecule has 0 fully saturated rings. The first-order valence-electron chi connectivity index (χ1n) is 6.62. The topological polar surface area (TPSA) is 86.1 Å². The van der Waals surface area contributed by atoms with Crippen molar-refractivity contribution < 1.29 is 9.53 Å². The van der Waals surface area contributed by atoms with Crippen LogP contribution in [0.1, 0.15) is 18.8 Å². The summed E-state index contributed by atoms with van der Waals surface area (Å²) in [5.74, 6) is -0.108. The molecule has 0 aliphatic carbocycles. The normalized spacial score (nSPS) is 15.6. The van der Waals surface area contributed by atoms with Gasteiger partial charge in [0.15, 0.2) is 5.82 Å². The van der Waals surface area contributed by atoms with E-state index in [-0.39, 0.29) is 12.3 Å². The van der Waals surface area contributed by atoms with E-state index >= 15 is 0 Å². The number of aromatic nitrogens is 3. The second-order valence-corrected chi connectivity index (χ2v) is 4.62. The third-order valence-corrected chi connectivity index (χ3v) is 3.21. The molecular formula is C14H14N4O3. The van der Waals surface area contributed by atoms with Crippen LogP contribution in [0.2, 0.25) is 0 Å². The molecule has 2 aromatic rings. The highest BCUT2D eigenvalue weighted by Crippen LogP contribution is 2.33. The second-order valence-electron chi connectivity index (χ2n) is 4.62. The number of carbonyl (C=O) groups is 1. The highest BCUT2D eigenvalue weighted by molar-refractivity contribution is 5.84. The number of carbonyl (C=O) groups excluding carboxylic acids is 1. The van der Waals surface area contributed by atoms with Crippen molar-refractivity contribution in [2.75, 3.05) is 11.9 Å². The Balaban J connectivity index is 2.21. The Bertz CT molecular complexity index is 769. The lowest BCUT2D eigenvalue weighted by atomic mass is 10.1. The van der Waals surface area contributed by atoms with Gasteiger partial charge < -0.3 is 10.1 Å². The Morgan fingerprint density at radius 3 is 2.95 bits per heavy atom. The average Bonchev–Trinajstić information content (AvgIpc) is 2.48. The minimum atomic E-state index is -0.832. The molecule has 1 atom stereocenters. The summed E-state index contributed by atoms with van der Waals surface area (Å²) in [4.78, 5) is 27.9. The maximum absolute atomic E-state index is 12.1. The number of esters is 1. The van der Waals surface area contributed by atoms with E-state index in [1.54, 1.807) is 13.8 Å². The van der Waals surface area contributed by atoms with Crippen molar-refractivity contribution in [3.05, 3.63) is 40.3 Å². The van der Waals surface area contributed by atoms with E-state index in [0.717, 1.165) is 5.56 Å². The summed E-state index contributed by atoms with van der Waals surface area (Å²) in [5, 5.41) is 7.24. The van der Waals surface area contributed by atoms with E-state index < -0.39 is 17.7 Å². The molecular weight excluding hydrogens is 272 g/mol. The summed E-state index contributed by atoms with van der Waals surface area (Å²) in [6, 6.07) is 7.31. The first-order valence-corrected chi connectivity index (χ1v) is 6.62. The molecule has 21 heavy (non-hydrogen) atoms. The molecule has 0 radical (unpaired) electrons. The molecule has 1 aromatic carbocycles. The number of nitrogens with one attached hydrogen (secondary N) is 1. The fraction of sp³-hybridized carbons (Fsp3) is 0.286. The molecule has 0 amide bonds. The number of para-hydroxylation sites is 1. The van der Waals surface area contributed by atoms with Gasteiger partial charge in [-0.1, -0.05) is 12.1 Å². The Labute approximate surface area is 120 Å².